The largest absolute Gasteiger partial charge is 0.435 e. The molecule has 0 saturated heterocycles. The number of nitrogens with zero attached hydrogens (tertiary/aromatic N) is 3. The van der Waals surface area contributed by atoms with Gasteiger partial charge in [-0.3, -0.25) is 19.3 Å². The topological polar surface area (TPSA) is 103 Å². The van der Waals surface area contributed by atoms with E-state index in [9.17, 15) is 44.7 Å². The zero-order valence-corrected chi connectivity index (χ0v) is 22.4. The summed E-state index contributed by atoms with van der Waals surface area (Å²) in [7, 11) is 0. The van der Waals surface area contributed by atoms with Gasteiger partial charge in [-0.2, -0.15) is 18.3 Å². The molecule has 0 radical (unpaired) electrons. The first-order chi connectivity index (χ1) is 20.6. The quantitative estimate of drug-likeness (QED) is 0.260. The molecule has 1 aliphatic rings. The van der Waals surface area contributed by atoms with Crippen molar-refractivity contribution in [2.24, 2.45) is 5.73 Å². The van der Waals surface area contributed by atoms with Crippen LogP contribution in [-0.2, 0) is 36.8 Å². The van der Waals surface area contributed by atoms with Gasteiger partial charge in [0.2, 0.25) is 5.91 Å². The maximum atomic E-state index is 14.2. The average Bonchev–Trinajstić information content (AvgIpc) is 3.40. The number of primary amides is 1. The van der Waals surface area contributed by atoms with Gasteiger partial charge < -0.3 is 11.1 Å². The predicted molar refractivity (Wildman–Crippen MR) is 139 cm³/mol. The van der Waals surface area contributed by atoms with Crippen LogP contribution < -0.4 is 11.1 Å². The van der Waals surface area contributed by atoms with Crippen LogP contribution in [0.1, 0.15) is 44.6 Å². The van der Waals surface area contributed by atoms with Crippen LogP contribution >= 0.6 is 0 Å². The molecule has 2 heterocycles. The van der Waals surface area contributed by atoms with Crippen molar-refractivity contribution in [2.75, 3.05) is 0 Å². The van der Waals surface area contributed by atoms with E-state index < -0.39 is 89.3 Å². The fraction of sp³-hybridized carbons (Fsp3) is 0.241. The van der Waals surface area contributed by atoms with Gasteiger partial charge in [-0.05, 0) is 47.9 Å². The summed E-state index contributed by atoms with van der Waals surface area (Å²) in [6.07, 6.45) is -6.26. The Morgan fingerprint density at radius 3 is 2.39 bits per heavy atom. The summed E-state index contributed by atoms with van der Waals surface area (Å²) in [4.78, 5) is 29.3. The van der Waals surface area contributed by atoms with E-state index in [0.717, 1.165) is 24.3 Å². The van der Waals surface area contributed by atoms with Crippen molar-refractivity contribution in [3.63, 3.8) is 0 Å². The van der Waals surface area contributed by atoms with Crippen LogP contribution in [0.25, 0.3) is 11.1 Å². The molecular weight excluding hydrogens is 602 g/mol. The van der Waals surface area contributed by atoms with Crippen LogP contribution in [0, 0.1) is 17.5 Å². The lowest BCUT2D eigenvalue weighted by Gasteiger charge is -2.22. The van der Waals surface area contributed by atoms with Crippen molar-refractivity contribution < 1.29 is 44.7 Å². The molecule has 0 spiro atoms. The first kappa shape index (κ1) is 30.6. The highest BCUT2D eigenvalue weighted by atomic mass is 19.4. The SMILES string of the molecule is NC(=O)c1cc(-c2cccnc2C(Cc2cc(F)cc(F)c2)NC(=O)Cn2nc(C(F)(F)F)c3c2CC(F)(F)C3)ccc1F. The molecule has 0 bridgehead atoms. The van der Waals surface area contributed by atoms with Gasteiger partial charge in [0.15, 0.2) is 5.69 Å². The Kier molecular flexibility index (Phi) is 7.90. The molecule has 0 aliphatic heterocycles. The molecule has 4 aromatic rings. The van der Waals surface area contributed by atoms with Crippen LogP contribution in [0.5, 0.6) is 0 Å². The van der Waals surface area contributed by atoms with Crippen LogP contribution in [0.3, 0.4) is 0 Å². The molecular formula is C29H21F8N5O2. The number of hydrogen-bond donors (Lipinski definition) is 2. The number of hydrogen-bond acceptors (Lipinski definition) is 4. The lowest BCUT2D eigenvalue weighted by molar-refractivity contribution is -0.142. The molecule has 2 aromatic heterocycles. The Morgan fingerprint density at radius 1 is 1.02 bits per heavy atom. The lowest BCUT2D eigenvalue weighted by Crippen LogP contribution is -2.34. The summed E-state index contributed by atoms with van der Waals surface area (Å²) in [5.41, 5.74) is 2.77. The Hall–Kier alpha value is -4.82. The molecule has 15 heteroatoms. The van der Waals surface area contributed by atoms with E-state index in [1.54, 1.807) is 0 Å². The predicted octanol–water partition coefficient (Wildman–Crippen LogP) is 5.31. The standard InChI is InChI=1S/C29H21F8N5O2/c30-16-6-14(7-17(31)10-16)8-22(25-18(2-1-5-39-25)15-3-4-21(32)19(9-15)27(38)44)40-24(43)13-42-23-12-28(33,34)11-20(23)26(41-42)29(35,36)37/h1-7,9-10,22H,8,11-13H2,(H2,38,44)(H,40,43). The molecule has 3 N–H and O–H groups in total. The monoisotopic (exact) mass is 623 g/mol. The number of amides is 2. The Labute approximate surface area is 243 Å². The fourth-order valence-electron chi connectivity index (χ4n) is 5.22. The van der Waals surface area contributed by atoms with Gasteiger partial charge in [0.25, 0.3) is 11.8 Å². The Bertz CT molecular complexity index is 1750. The van der Waals surface area contributed by atoms with Crippen LogP contribution in [-0.4, -0.2) is 32.5 Å². The minimum absolute atomic E-state index is 0.0558. The number of pyridine rings is 1. The Morgan fingerprint density at radius 2 is 1.73 bits per heavy atom. The zero-order valence-electron chi connectivity index (χ0n) is 22.4. The van der Waals surface area contributed by atoms with E-state index in [1.165, 1.54) is 24.4 Å². The first-order valence-corrected chi connectivity index (χ1v) is 12.9. The minimum Gasteiger partial charge on any atom is -0.366 e. The highest BCUT2D eigenvalue weighted by Crippen LogP contribution is 2.41. The van der Waals surface area contributed by atoms with Gasteiger partial charge >= 0.3 is 6.18 Å². The van der Waals surface area contributed by atoms with Crippen molar-refractivity contribution in [3.05, 3.63) is 106 Å². The summed E-state index contributed by atoms with van der Waals surface area (Å²) in [6, 6.07) is 7.81. The van der Waals surface area contributed by atoms with E-state index >= 15 is 0 Å². The molecule has 2 amide bonds. The summed E-state index contributed by atoms with van der Waals surface area (Å²) in [6.45, 7) is -0.896. The lowest BCUT2D eigenvalue weighted by atomic mass is 9.94. The fourth-order valence-corrected chi connectivity index (χ4v) is 5.22. The summed E-state index contributed by atoms with van der Waals surface area (Å²) < 4.78 is 112. The maximum absolute atomic E-state index is 14.2. The van der Waals surface area contributed by atoms with Gasteiger partial charge in [0.05, 0.1) is 23.7 Å². The van der Waals surface area contributed by atoms with Crippen molar-refractivity contribution in [2.45, 2.75) is 43.9 Å². The second kappa shape index (κ2) is 11.4. The molecule has 5 rings (SSSR count). The summed E-state index contributed by atoms with van der Waals surface area (Å²) in [5.74, 6) is -8.26. The van der Waals surface area contributed by atoms with Crippen molar-refractivity contribution >= 4 is 11.8 Å². The highest BCUT2D eigenvalue weighted by Gasteiger charge is 2.48. The third-order valence-electron chi connectivity index (χ3n) is 7.00. The smallest absolute Gasteiger partial charge is 0.366 e. The second-order valence-corrected chi connectivity index (χ2v) is 10.2. The number of halogens is 8. The average molecular weight is 624 g/mol. The summed E-state index contributed by atoms with van der Waals surface area (Å²) >= 11 is 0. The molecule has 7 nitrogen and oxygen atoms in total. The van der Waals surface area contributed by atoms with Gasteiger partial charge in [-0.15, -0.1) is 0 Å². The number of rotatable bonds is 8. The number of aromatic nitrogens is 3. The second-order valence-electron chi connectivity index (χ2n) is 10.2. The van der Waals surface area contributed by atoms with Crippen LogP contribution in [0.15, 0.2) is 54.7 Å². The molecule has 0 saturated carbocycles. The number of carbonyl (C=O) groups is 2. The maximum Gasteiger partial charge on any atom is 0.435 e. The van der Waals surface area contributed by atoms with E-state index in [-0.39, 0.29) is 28.8 Å². The normalized spacial score (nSPS) is 14.7. The molecule has 1 atom stereocenters. The van der Waals surface area contributed by atoms with Crippen molar-refractivity contribution in [3.8, 4) is 11.1 Å². The molecule has 2 aromatic carbocycles. The van der Waals surface area contributed by atoms with Crippen molar-refractivity contribution in [1.82, 2.24) is 20.1 Å². The van der Waals surface area contributed by atoms with E-state index in [1.807, 2.05) is 0 Å². The van der Waals surface area contributed by atoms with E-state index in [2.05, 4.69) is 15.4 Å². The molecule has 0 fully saturated rings. The minimum atomic E-state index is -5.04. The number of fused-ring (bicyclic) bond motifs is 1. The number of nitrogens with two attached hydrogens (primary N) is 1. The number of benzene rings is 2. The third-order valence-corrected chi connectivity index (χ3v) is 7.00. The zero-order chi connectivity index (χ0) is 32.0. The number of carbonyl (C=O) groups excluding carboxylic acids is 2. The van der Waals surface area contributed by atoms with Gasteiger partial charge in [-0.25, -0.2) is 22.0 Å². The highest BCUT2D eigenvalue weighted by molar-refractivity contribution is 5.94. The number of nitrogens with one attached hydrogen (secondary N) is 1. The van der Waals surface area contributed by atoms with E-state index in [4.69, 9.17) is 5.73 Å². The molecule has 230 valence electrons. The first-order valence-electron chi connectivity index (χ1n) is 12.9. The van der Waals surface area contributed by atoms with Crippen LogP contribution in [0.2, 0.25) is 0 Å². The summed E-state index contributed by atoms with van der Waals surface area (Å²) in [5, 5.41) is 5.95. The van der Waals surface area contributed by atoms with Crippen molar-refractivity contribution in [1.29, 1.82) is 0 Å². The van der Waals surface area contributed by atoms with Gasteiger partial charge in [-0.1, -0.05) is 12.1 Å². The molecule has 44 heavy (non-hydrogen) atoms. The van der Waals surface area contributed by atoms with Gasteiger partial charge in [0.1, 0.15) is 24.0 Å². The third kappa shape index (κ3) is 6.40. The molecule has 1 aliphatic carbocycles. The Balaban J connectivity index is 1.53. The van der Waals surface area contributed by atoms with Crippen LogP contribution in [0.4, 0.5) is 35.1 Å². The van der Waals surface area contributed by atoms with E-state index in [0.29, 0.717) is 10.7 Å². The molecule has 1 unspecified atom stereocenters. The number of alkyl halides is 5. The van der Waals surface area contributed by atoms with Gasteiger partial charge in [0, 0.05) is 35.5 Å².